The number of benzene rings is 1. The highest BCUT2D eigenvalue weighted by atomic mass is 35.5. The lowest BCUT2D eigenvalue weighted by Gasteiger charge is -2.01. The Bertz CT molecular complexity index is 318. The molecule has 0 fully saturated rings. The first-order valence-electron chi connectivity index (χ1n) is 4.07. The van der Waals surface area contributed by atoms with Gasteiger partial charge in [-0.15, -0.1) is 0 Å². The van der Waals surface area contributed by atoms with Crippen LogP contribution in [0, 0.1) is 0 Å². The molecule has 0 aliphatic rings. The van der Waals surface area contributed by atoms with E-state index >= 15 is 0 Å². The van der Waals surface area contributed by atoms with Gasteiger partial charge >= 0.3 is 0 Å². The van der Waals surface area contributed by atoms with E-state index < -0.39 is 0 Å². The third-order valence-electron chi connectivity index (χ3n) is 1.72. The zero-order chi connectivity index (χ0) is 9.68. The van der Waals surface area contributed by atoms with Crippen LogP contribution in [0.2, 0.25) is 5.02 Å². The fourth-order valence-corrected chi connectivity index (χ4v) is 1.34. The number of carbonyl (C=O) groups excluding carboxylic acids is 1. The van der Waals surface area contributed by atoms with Crippen molar-refractivity contribution >= 4 is 17.9 Å². The predicted molar refractivity (Wildman–Crippen MR) is 55.0 cm³/mol. The van der Waals surface area contributed by atoms with Crippen molar-refractivity contribution in [3.8, 4) is 0 Å². The summed E-state index contributed by atoms with van der Waals surface area (Å²) in [6, 6.07) is 7.58. The fourth-order valence-electron chi connectivity index (χ4n) is 1.13. The molecule has 0 spiro atoms. The van der Waals surface area contributed by atoms with Crippen LogP contribution >= 0.6 is 11.6 Å². The van der Waals surface area contributed by atoms with Crippen molar-refractivity contribution < 1.29 is 4.79 Å². The Morgan fingerprint density at radius 3 is 2.92 bits per heavy atom. The highest BCUT2D eigenvalue weighted by molar-refractivity contribution is 6.30. The molecule has 0 atom stereocenters. The first kappa shape index (κ1) is 10.0. The number of allylic oxidation sites excluding steroid dienone is 1. The van der Waals surface area contributed by atoms with E-state index in [-0.39, 0.29) is 0 Å². The number of rotatable bonds is 4. The fraction of sp³-hybridized carbons (Fsp3) is 0.182. The lowest BCUT2D eigenvalue weighted by Crippen LogP contribution is -1.89. The molecule has 2 heteroatoms. The summed E-state index contributed by atoms with van der Waals surface area (Å²) in [6.07, 6.45) is 2.01. The smallest absolute Gasteiger partial charge is 0.124 e. The zero-order valence-corrected chi connectivity index (χ0v) is 8.05. The molecule has 13 heavy (non-hydrogen) atoms. The van der Waals surface area contributed by atoms with Gasteiger partial charge in [0.05, 0.1) is 0 Å². The van der Waals surface area contributed by atoms with Crippen LogP contribution in [0.3, 0.4) is 0 Å². The minimum atomic E-state index is 0.423. The molecule has 1 aromatic carbocycles. The summed E-state index contributed by atoms with van der Waals surface area (Å²) in [6.45, 7) is 3.80. The molecule has 1 nitrogen and oxygen atoms in total. The first-order valence-corrected chi connectivity index (χ1v) is 4.45. The largest absolute Gasteiger partial charge is 0.303 e. The SMILES string of the molecule is C=C(CC=O)Cc1cccc(Cl)c1. The van der Waals surface area contributed by atoms with Gasteiger partial charge in [0.2, 0.25) is 0 Å². The molecule has 0 aliphatic heterocycles. The maximum absolute atomic E-state index is 10.2. The van der Waals surface area contributed by atoms with Gasteiger partial charge in [0, 0.05) is 11.4 Å². The summed E-state index contributed by atoms with van der Waals surface area (Å²) in [5, 5.41) is 0.719. The lowest BCUT2D eigenvalue weighted by atomic mass is 10.1. The van der Waals surface area contributed by atoms with E-state index in [1.54, 1.807) is 0 Å². The highest BCUT2D eigenvalue weighted by Gasteiger charge is 1.97. The summed E-state index contributed by atoms with van der Waals surface area (Å²) in [5.41, 5.74) is 2.01. The molecule has 0 aliphatic carbocycles. The molecule has 0 aromatic heterocycles. The summed E-state index contributed by atoms with van der Waals surface area (Å²) in [4.78, 5) is 10.2. The summed E-state index contributed by atoms with van der Waals surface area (Å²) < 4.78 is 0. The maximum atomic E-state index is 10.2. The predicted octanol–water partition coefficient (Wildman–Crippen LogP) is 3.03. The van der Waals surface area contributed by atoms with Crippen LogP contribution in [0.1, 0.15) is 12.0 Å². The van der Waals surface area contributed by atoms with Crippen molar-refractivity contribution in [3.05, 3.63) is 47.0 Å². The van der Waals surface area contributed by atoms with Gasteiger partial charge in [-0.2, -0.15) is 0 Å². The van der Waals surface area contributed by atoms with Crippen LogP contribution in [0.5, 0.6) is 0 Å². The van der Waals surface area contributed by atoms with Crippen molar-refractivity contribution in [1.29, 1.82) is 0 Å². The summed E-state index contributed by atoms with van der Waals surface area (Å²) in [7, 11) is 0. The molecule has 0 heterocycles. The third-order valence-corrected chi connectivity index (χ3v) is 1.95. The summed E-state index contributed by atoms with van der Waals surface area (Å²) in [5.74, 6) is 0. The van der Waals surface area contributed by atoms with Crippen molar-refractivity contribution in [2.75, 3.05) is 0 Å². The minimum absolute atomic E-state index is 0.423. The molecule has 0 amide bonds. The molecular formula is C11H11ClO. The molecule has 1 aromatic rings. The van der Waals surface area contributed by atoms with Gasteiger partial charge in [-0.05, 0) is 24.1 Å². The molecule has 0 radical (unpaired) electrons. The number of hydrogen-bond donors (Lipinski definition) is 0. The van der Waals surface area contributed by atoms with E-state index in [0.29, 0.717) is 6.42 Å². The maximum Gasteiger partial charge on any atom is 0.124 e. The molecule has 0 unspecified atom stereocenters. The number of carbonyl (C=O) groups is 1. The van der Waals surface area contributed by atoms with Crippen LogP contribution in [0.25, 0.3) is 0 Å². The van der Waals surface area contributed by atoms with Gasteiger partial charge in [0.15, 0.2) is 0 Å². The van der Waals surface area contributed by atoms with Crippen LogP contribution in [0.15, 0.2) is 36.4 Å². The van der Waals surface area contributed by atoms with Crippen LogP contribution in [0.4, 0.5) is 0 Å². The van der Waals surface area contributed by atoms with E-state index in [1.807, 2.05) is 24.3 Å². The van der Waals surface area contributed by atoms with E-state index in [2.05, 4.69) is 6.58 Å². The minimum Gasteiger partial charge on any atom is -0.303 e. The van der Waals surface area contributed by atoms with Gasteiger partial charge in [-0.25, -0.2) is 0 Å². The normalized spacial score (nSPS) is 9.62. The molecular weight excluding hydrogens is 184 g/mol. The quantitative estimate of drug-likeness (QED) is 0.532. The van der Waals surface area contributed by atoms with Crippen molar-refractivity contribution in [2.24, 2.45) is 0 Å². The van der Waals surface area contributed by atoms with Crippen LogP contribution < -0.4 is 0 Å². The van der Waals surface area contributed by atoms with Crippen molar-refractivity contribution in [1.82, 2.24) is 0 Å². The second-order valence-corrected chi connectivity index (χ2v) is 3.36. The second kappa shape index (κ2) is 4.83. The molecule has 0 bridgehead atoms. The Labute approximate surface area is 83.0 Å². The number of halogens is 1. The van der Waals surface area contributed by atoms with Gasteiger partial charge in [-0.1, -0.05) is 35.9 Å². The molecule has 68 valence electrons. The Morgan fingerprint density at radius 2 is 2.31 bits per heavy atom. The summed E-state index contributed by atoms with van der Waals surface area (Å²) >= 11 is 5.81. The van der Waals surface area contributed by atoms with Gasteiger partial charge in [0.1, 0.15) is 6.29 Å². The third kappa shape index (κ3) is 3.43. The van der Waals surface area contributed by atoms with E-state index in [0.717, 1.165) is 28.9 Å². The molecule has 1 rings (SSSR count). The Morgan fingerprint density at radius 1 is 1.54 bits per heavy atom. The standard InChI is InChI=1S/C11H11ClO/c1-9(5-6-13)7-10-3-2-4-11(12)8-10/h2-4,6,8H,1,5,7H2. The zero-order valence-electron chi connectivity index (χ0n) is 7.29. The van der Waals surface area contributed by atoms with Gasteiger partial charge in [0.25, 0.3) is 0 Å². The molecule has 0 saturated heterocycles. The number of hydrogen-bond acceptors (Lipinski definition) is 1. The van der Waals surface area contributed by atoms with E-state index in [9.17, 15) is 4.79 Å². The monoisotopic (exact) mass is 194 g/mol. The first-order chi connectivity index (χ1) is 6.22. The Kier molecular flexibility index (Phi) is 3.71. The number of aldehydes is 1. The van der Waals surface area contributed by atoms with Gasteiger partial charge in [-0.3, -0.25) is 0 Å². The van der Waals surface area contributed by atoms with Crippen molar-refractivity contribution in [3.63, 3.8) is 0 Å². The van der Waals surface area contributed by atoms with Crippen LogP contribution in [-0.4, -0.2) is 6.29 Å². The van der Waals surface area contributed by atoms with Crippen molar-refractivity contribution in [2.45, 2.75) is 12.8 Å². The lowest BCUT2D eigenvalue weighted by molar-refractivity contribution is -0.107. The topological polar surface area (TPSA) is 17.1 Å². The highest BCUT2D eigenvalue weighted by Crippen LogP contribution is 2.14. The van der Waals surface area contributed by atoms with Gasteiger partial charge < -0.3 is 4.79 Å². The Balaban J connectivity index is 2.63. The molecule has 0 N–H and O–H groups in total. The molecule has 0 saturated carbocycles. The average molecular weight is 195 g/mol. The second-order valence-electron chi connectivity index (χ2n) is 2.93. The Hall–Kier alpha value is -1.08. The average Bonchev–Trinajstić information content (AvgIpc) is 2.04. The van der Waals surface area contributed by atoms with Crippen LogP contribution in [-0.2, 0) is 11.2 Å². The van der Waals surface area contributed by atoms with E-state index in [1.165, 1.54) is 0 Å². The van der Waals surface area contributed by atoms with E-state index in [4.69, 9.17) is 11.6 Å².